The van der Waals surface area contributed by atoms with E-state index < -0.39 is 0 Å². The monoisotopic (exact) mass is 646 g/mol. The molecule has 4 nitrogen and oxygen atoms in total. The van der Waals surface area contributed by atoms with Crippen LogP contribution in [0.4, 0.5) is 0 Å². The summed E-state index contributed by atoms with van der Waals surface area (Å²) in [7, 11) is 0. The number of thiazole rings is 1. The summed E-state index contributed by atoms with van der Waals surface area (Å²) in [5.41, 5.74) is 7.62. The number of nitrogens with zero attached hydrogens (tertiary/aromatic N) is 2. The molecule has 0 N–H and O–H groups in total. The predicted molar refractivity (Wildman–Crippen MR) is 193 cm³/mol. The molecule has 4 aromatic heterocycles. The van der Waals surface area contributed by atoms with Crippen LogP contribution in [0.2, 0.25) is 0 Å². The van der Waals surface area contributed by atoms with Crippen LogP contribution in [-0.2, 0) is 0 Å². The average Bonchev–Trinajstić information content (AvgIpc) is 3.90. The van der Waals surface area contributed by atoms with Crippen LogP contribution < -0.4 is 0 Å². The zero-order valence-corrected chi connectivity index (χ0v) is 26.6. The van der Waals surface area contributed by atoms with Gasteiger partial charge >= 0.3 is 0 Å². The van der Waals surface area contributed by atoms with Gasteiger partial charge in [0, 0.05) is 20.5 Å². The standard InChI is InChI=1S/C39H22N2O2S3/c1-5-13-27-23(10-1)19-28(42-27)35-25(32-18-17-22-9-2-6-14-30(22)44-32)21-29-37(36(35)39-40-26-12-4-8-16-33(26)46-39)41-38(43-29)34-20-24-11-3-7-15-31(24)45-34/h1-21,32H. The Morgan fingerprint density at radius 1 is 0.630 bits per heavy atom. The number of benzene rings is 5. The number of hydrogen-bond acceptors (Lipinski definition) is 7. The number of rotatable bonds is 4. The number of hydrogen-bond donors (Lipinski definition) is 0. The molecule has 0 saturated heterocycles. The normalized spacial score (nSPS) is 14.6. The van der Waals surface area contributed by atoms with Crippen molar-refractivity contribution >= 4 is 82.9 Å². The van der Waals surface area contributed by atoms with Crippen LogP contribution in [0.5, 0.6) is 0 Å². The Balaban J connectivity index is 1.29. The maximum atomic E-state index is 6.68. The van der Waals surface area contributed by atoms with E-state index in [0.29, 0.717) is 5.89 Å². The van der Waals surface area contributed by atoms with Crippen LogP contribution in [0.1, 0.15) is 16.4 Å². The molecule has 10 rings (SSSR count). The van der Waals surface area contributed by atoms with E-state index in [1.165, 1.54) is 20.5 Å². The van der Waals surface area contributed by atoms with E-state index in [-0.39, 0.29) is 5.25 Å². The second-order valence-corrected chi connectivity index (χ2v) is 14.6. The van der Waals surface area contributed by atoms with Gasteiger partial charge in [-0.25, -0.2) is 9.97 Å². The fourth-order valence-corrected chi connectivity index (χ4v) is 9.50. The Morgan fingerprint density at radius 2 is 1.43 bits per heavy atom. The van der Waals surface area contributed by atoms with Crippen molar-refractivity contribution in [3.63, 3.8) is 0 Å². The number of oxazole rings is 1. The Bertz CT molecular complexity index is 2560. The van der Waals surface area contributed by atoms with E-state index in [1.807, 2.05) is 36.0 Å². The van der Waals surface area contributed by atoms with Crippen LogP contribution in [-0.4, -0.2) is 9.97 Å². The van der Waals surface area contributed by atoms with Crippen LogP contribution >= 0.6 is 34.4 Å². The zero-order valence-electron chi connectivity index (χ0n) is 24.1. The molecular weight excluding hydrogens is 625 g/mol. The number of aromatic nitrogens is 2. The van der Waals surface area contributed by atoms with Gasteiger partial charge in [0.1, 0.15) is 21.9 Å². The third kappa shape index (κ3) is 4.20. The molecule has 1 atom stereocenters. The number of furan rings is 1. The van der Waals surface area contributed by atoms with Gasteiger partial charge in [-0.1, -0.05) is 78.9 Å². The maximum Gasteiger partial charge on any atom is 0.237 e. The van der Waals surface area contributed by atoms with Gasteiger partial charge in [-0.05, 0) is 65.0 Å². The second-order valence-electron chi connectivity index (χ2n) is 11.3. The molecule has 0 radical (unpaired) electrons. The molecule has 5 heterocycles. The van der Waals surface area contributed by atoms with E-state index in [9.17, 15) is 0 Å². The van der Waals surface area contributed by atoms with Gasteiger partial charge in [0.25, 0.3) is 0 Å². The largest absolute Gasteiger partial charge is 0.456 e. The molecular formula is C39H22N2O2S3. The van der Waals surface area contributed by atoms with Crippen molar-refractivity contribution in [1.82, 2.24) is 9.97 Å². The van der Waals surface area contributed by atoms with Crippen molar-refractivity contribution in [2.75, 3.05) is 0 Å². The van der Waals surface area contributed by atoms with Crippen LogP contribution in [0, 0.1) is 0 Å². The highest BCUT2D eigenvalue weighted by Gasteiger charge is 2.30. The lowest BCUT2D eigenvalue weighted by atomic mass is 9.94. The number of thioether (sulfide) groups is 1. The van der Waals surface area contributed by atoms with Crippen molar-refractivity contribution in [2.45, 2.75) is 10.1 Å². The summed E-state index contributed by atoms with van der Waals surface area (Å²) in [4.78, 5) is 12.7. The molecule has 46 heavy (non-hydrogen) atoms. The predicted octanol–water partition coefficient (Wildman–Crippen LogP) is 12.3. The highest BCUT2D eigenvalue weighted by atomic mass is 32.2. The van der Waals surface area contributed by atoms with Gasteiger partial charge in [0.05, 0.1) is 25.9 Å². The van der Waals surface area contributed by atoms with Gasteiger partial charge in [0.15, 0.2) is 5.58 Å². The molecule has 1 unspecified atom stereocenters. The van der Waals surface area contributed by atoms with Crippen LogP contribution in [0.15, 0.2) is 135 Å². The third-order valence-electron chi connectivity index (χ3n) is 8.46. The van der Waals surface area contributed by atoms with Gasteiger partial charge in [-0.2, -0.15) is 0 Å². The summed E-state index contributed by atoms with van der Waals surface area (Å²) in [6.07, 6.45) is 4.51. The fourth-order valence-electron chi connectivity index (χ4n) is 6.32. The van der Waals surface area contributed by atoms with Crippen LogP contribution in [0.25, 0.3) is 81.1 Å². The Kier molecular flexibility index (Phi) is 5.88. The number of thiophene rings is 1. The summed E-state index contributed by atoms with van der Waals surface area (Å²) >= 11 is 5.22. The van der Waals surface area contributed by atoms with Crippen LogP contribution in [0.3, 0.4) is 0 Å². The second kappa shape index (κ2) is 10.3. The Hall–Kier alpha value is -4.95. The summed E-state index contributed by atoms with van der Waals surface area (Å²) in [6.45, 7) is 0. The Labute approximate surface area is 275 Å². The number of para-hydroxylation sites is 2. The highest BCUT2D eigenvalue weighted by molar-refractivity contribution is 7.99. The van der Waals surface area contributed by atoms with Gasteiger partial charge < -0.3 is 8.83 Å². The lowest BCUT2D eigenvalue weighted by Crippen LogP contribution is -2.00. The molecule has 9 aromatic rings. The molecule has 0 aliphatic carbocycles. The maximum absolute atomic E-state index is 6.68. The summed E-state index contributed by atoms with van der Waals surface area (Å²) in [6, 6.07) is 39.9. The molecule has 0 saturated carbocycles. The van der Waals surface area contributed by atoms with E-state index in [2.05, 4.69) is 103 Å². The van der Waals surface area contributed by atoms with E-state index in [1.54, 1.807) is 22.7 Å². The van der Waals surface area contributed by atoms with E-state index in [0.717, 1.165) is 64.6 Å². The molecule has 1 aliphatic rings. The third-order valence-corrected chi connectivity index (χ3v) is 11.9. The average molecular weight is 647 g/mol. The first-order chi connectivity index (χ1) is 22.7. The van der Waals surface area contributed by atoms with Crippen molar-refractivity contribution < 1.29 is 8.83 Å². The SMILES string of the molecule is C1=CC(c2cc3oc(-c4cc5ccccc5s4)nc3c(-c3nc4ccccc4s3)c2-c2cc3ccccc3o2)Sc2ccccc21. The van der Waals surface area contributed by atoms with Crippen molar-refractivity contribution in [3.8, 4) is 32.7 Å². The molecule has 0 amide bonds. The smallest absolute Gasteiger partial charge is 0.237 e. The lowest BCUT2D eigenvalue weighted by molar-refractivity contribution is 0.621. The zero-order chi connectivity index (χ0) is 30.2. The minimum Gasteiger partial charge on any atom is -0.456 e. The molecule has 0 bridgehead atoms. The molecule has 1 aliphatic heterocycles. The number of fused-ring (bicyclic) bond motifs is 5. The first-order valence-electron chi connectivity index (χ1n) is 15.0. The quantitative estimate of drug-likeness (QED) is 0.190. The van der Waals surface area contributed by atoms with Crippen molar-refractivity contribution in [3.05, 3.63) is 132 Å². The van der Waals surface area contributed by atoms with Crippen molar-refractivity contribution in [2.24, 2.45) is 0 Å². The molecule has 218 valence electrons. The minimum atomic E-state index is 0.0218. The molecule has 0 spiro atoms. The molecule has 5 aromatic carbocycles. The van der Waals surface area contributed by atoms with Gasteiger partial charge in [-0.15, -0.1) is 34.4 Å². The summed E-state index contributed by atoms with van der Waals surface area (Å²) in [5, 5.41) is 3.16. The Morgan fingerprint density at radius 3 is 2.33 bits per heavy atom. The summed E-state index contributed by atoms with van der Waals surface area (Å²) in [5.74, 6) is 1.41. The van der Waals surface area contributed by atoms with Gasteiger partial charge in [0.2, 0.25) is 5.89 Å². The molecule has 0 fully saturated rings. The fraction of sp³-hybridized carbons (Fsp3) is 0.0256. The topological polar surface area (TPSA) is 52.1 Å². The van der Waals surface area contributed by atoms with E-state index in [4.69, 9.17) is 18.8 Å². The van der Waals surface area contributed by atoms with E-state index >= 15 is 0 Å². The highest BCUT2D eigenvalue weighted by Crippen LogP contribution is 2.52. The lowest BCUT2D eigenvalue weighted by Gasteiger charge is -2.22. The van der Waals surface area contributed by atoms with Gasteiger partial charge in [-0.3, -0.25) is 0 Å². The molecule has 7 heteroatoms. The minimum absolute atomic E-state index is 0.0218. The van der Waals surface area contributed by atoms with Crippen molar-refractivity contribution in [1.29, 1.82) is 0 Å². The summed E-state index contributed by atoms with van der Waals surface area (Å²) < 4.78 is 15.7. The first-order valence-corrected chi connectivity index (χ1v) is 17.5. The first kappa shape index (κ1) is 26.3.